The molecule has 0 heterocycles. The monoisotopic (exact) mass is 306 g/mol. The van der Waals surface area contributed by atoms with E-state index in [-0.39, 0.29) is 0 Å². The summed E-state index contributed by atoms with van der Waals surface area (Å²) in [5.41, 5.74) is 0. The van der Waals surface area contributed by atoms with Crippen LogP contribution in [0.15, 0.2) is 0 Å². The van der Waals surface area contributed by atoms with E-state index in [1.807, 2.05) is 0 Å². The standard InChI is InChI=1S/C4H9.C3H7O.2ClH.Sn/c1-3-4-2;1-2-3-4;;;/h1,3-4H2,2H3;2-3H2,1H3;2*1H;/q;-1;;;+3/p-2. The first-order chi connectivity index (χ1) is 5.12. The van der Waals surface area contributed by atoms with Gasteiger partial charge in [-0.15, -0.1) is 0 Å². The Hall–Kier alpha value is 1.34. The van der Waals surface area contributed by atoms with Crippen molar-refractivity contribution in [1.29, 1.82) is 0 Å². The molecule has 0 aliphatic heterocycles. The molecule has 0 saturated carbocycles. The second-order valence-corrected chi connectivity index (χ2v) is 18.0. The second kappa shape index (κ2) is 6.81. The van der Waals surface area contributed by atoms with Crippen LogP contribution in [0.25, 0.3) is 0 Å². The molecule has 4 heteroatoms. The maximum absolute atomic E-state index is 6.05. The third-order valence-electron chi connectivity index (χ3n) is 1.34. The molecule has 0 bridgehead atoms. The van der Waals surface area contributed by atoms with Crippen molar-refractivity contribution in [1.82, 2.24) is 0 Å². The normalized spacial score (nSPS) is 12.0. The molecule has 1 nitrogen and oxygen atoms in total. The van der Waals surface area contributed by atoms with Gasteiger partial charge in [0, 0.05) is 0 Å². The molecular weight excluding hydrogens is 290 g/mol. The van der Waals surface area contributed by atoms with Crippen molar-refractivity contribution in [3.63, 3.8) is 0 Å². The molecule has 0 aromatic carbocycles. The molecular formula is C7H16Cl2OSn. The molecule has 0 aromatic heterocycles. The summed E-state index contributed by atoms with van der Waals surface area (Å²) >= 11 is -2.99. The quantitative estimate of drug-likeness (QED) is 0.681. The van der Waals surface area contributed by atoms with E-state index >= 15 is 0 Å². The zero-order chi connectivity index (χ0) is 8.74. The van der Waals surface area contributed by atoms with Gasteiger partial charge in [-0.05, 0) is 0 Å². The van der Waals surface area contributed by atoms with Gasteiger partial charge in [-0.3, -0.25) is 0 Å². The third-order valence-corrected chi connectivity index (χ3v) is 9.80. The Morgan fingerprint density at radius 2 is 1.82 bits per heavy atom. The van der Waals surface area contributed by atoms with Crippen LogP contribution < -0.4 is 0 Å². The third kappa shape index (κ3) is 7.69. The van der Waals surface area contributed by atoms with Gasteiger partial charge in [-0.2, -0.15) is 0 Å². The maximum atomic E-state index is 6.05. The molecule has 0 fully saturated rings. The van der Waals surface area contributed by atoms with Crippen molar-refractivity contribution in [2.24, 2.45) is 0 Å². The zero-order valence-electron chi connectivity index (χ0n) is 7.20. The first-order valence-electron chi connectivity index (χ1n) is 4.14. The predicted octanol–water partition coefficient (Wildman–Crippen LogP) is 3.63. The average Bonchev–Trinajstić information content (AvgIpc) is 1.97. The van der Waals surface area contributed by atoms with Gasteiger partial charge >= 0.3 is 81.6 Å². The molecule has 11 heavy (non-hydrogen) atoms. The van der Waals surface area contributed by atoms with E-state index in [4.69, 9.17) is 20.9 Å². The van der Waals surface area contributed by atoms with Crippen molar-refractivity contribution < 1.29 is 3.07 Å². The van der Waals surface area contributed by atoms with Gasteiger partial charge in [0.2, 0.25) is 0 Å². The van der Waals surface area contributed by atoms with E-state index in [1.165, 1.54) is 0 Å². The van der Waals surface area contributed by atoms with Crippen molar-refractivity contribution in [3.8, 4) is 0 Å². The Morgan fingerprint density at radius 3 is 2.27 bits per heavy atom. The first-order valence-corrected chi connectivity index (χ1v) is 14.6. The molecule has 0 N–H and O–H groups in total. The van der Waals surface area contributed by atoms with E-state index in [0.717, 1.165) is 30.3 Å². The minimum absolute atomic E-state index is 0.729. The molecule has 0 aliphatic carbocycles. The zero-order valence-corrected chi connectivity index (χ0v) is 11.6. The summed E-state index contributed by atoms with van der Waals surface area (Å²) in [6.45, 7) is 4.93. The summed E-state index contributed by atoms with van der Waals surface area (Å²) in [6.07, 6.45) is 3.25. The molecule has 0 aliphatic rings. The number of rotatable bonds is 6. The van der Waals surface area contributed by atoms with E-state index in [0.29, 0.717) is 0 Å². The Morgan fingerprint density at radius 1 is 1.18 bits per heavy atom. The minimum atomic E-state index is -2.99. The van der Waals surface area contributed by atoms with Gasteiger partial charge in [-0.25, -0.2) is 0 Å². The van der Waals surface area contributed by atoms with E-state index < -0.39 is 16.5 Å². The topological polar surface area (TPSA) is 9.23 Å². The number of hydrogen-bond donors (Lipinski definition) is 0. The summed E-state index contributed by atoms with van der Waals surface area (Å²) in [5.74, 6) is 0. The predicted molar refractivity (Wildman–Crippen MR) is 53.4 cm³/mol. The summed E-state index contributed by atoms with van der Waals surface area (Å²) in [4.78, 5) is 0. The van der Waals surface area contributed by atoms with Crippen molar-refractivity contribution in [3.05, 3.63) is 0 Å². The van der Waals surface area contributed by atoms with Crippen LogP contribution in [-0.2, 0) is 3.07 Å². The molecule has 0 unspecified atom stereocenters. The molecule has 0 aromatic rings. The van der Waals surface area contributed by atoms with Gasteiger partial charge in [0.05, 0.1) is 0 Å². The van der Waals surface area contributed by atoms with Gasteiger partial charge < -0.3 is 0 Å². The second-order valence-electron chi connectivity index (χ2n) is 2.59. The Balaban J connectivity index is 3.43. The van der Waals surface area contributed by atoms with E-state index in [9.17, 15) is 0 Å². The Kier molecular flexibility index (Phi) is 7.64. The fourth-order valence-corrected chi connectivity index (χ4v) is 7.56. The van der Waals surface area contributed by atoms with Crippen molar-refractivity contribution >= 4 is 34.4 Å². The number of unbranched alkanes of at least 4 members (excludes halogenated alkanes) is 1. The Labute approximate surface area is 81.3 Å². The van der Waals surface area contributed by atoms with Gasteiger partial charge in [0.15, 0.2) is 0 Å². The SMILES string of the molecule is CCC[CH2][Sn]([Cl])([Cl])[O]CCC. The van der Waals surface area contributed by atoms with E-state index in [2.05, 4.69) is 13.8 Å². The summed E-state index contributed by atoms with van der Waals surface area (Å²) in [5, 5.41) is 0. The summed E-state index contributed by atoms with van der Waals surface area (Å²) in [6, 6.07) is 0. The summed E-state index contributed by atoms with van der Waals surface area (Å²) in [7, 11) is 12.1. The van der Waals surface area contributed by atoms with Crippen LogP contribution in [-0.4, -0.2) is 23.1 Å². The van der Waals surface area contributed by atoms with Crippen LogP contribution in [0.1, 0.15) is 33.1 Å². The van der Waals surface area contributed by atoms with Crippen LogP contribution in [0.4, 0.5) is 0 Å². The molecule has 68 valence electrons. The van der Waals surface area contributed by atoms with Crippen LogP contribution in [0.3, 0.4) is 0 Å². The van der Waals surface area contributed by atoms with Crippen molar-refractivity contribution in [2.75, 3.05) is 6.61 Å². The first kappa shape index (κ1) is 12.3. The van der Waals surface area contributed by atoms with Gasteiger partial charge in [0.25, 0.3) is 0 Å². The molecule has 0 spiro atoms. The molecule has 0 amide bonds. The van der Waals surface area contributed by atoms with Crippen LogP contribution in [0.2, 0.25) is 4.44 Å². The molecule has 0 atom stereocenters. The van der Waals surface area contributed by atoms with Crippen LogP contribution in [0, 0.1) is 0 Å². The molecule has 0 saturated heterocycles. The summed E-state index contributed by atoms with van der Waals surface area (Å²) < 4.78 is 6.35. The van der Waals surface area contributed by atoms with E-state index in [1.54, 1.807) is 0 Å². The number of halogens is 2. The van der Waals surface area contributed by atoms with Crippen molar-refractivity contribution in [2.45, 2.75) is 37.5 Å². The fraction of sp³-hybridized carbons (Fsp3) is 1.00. The molecule has 0 radical (unpaired) electrons. The Bertz CT molecular complexity index is 88.4. The van der Waals surface area contributed by atoms with Crippen LogP contribution >= 0.6 is 17.8 Å². The van der Waals surface area contributed by atoms with Gasteiger partial charge in [-0.1, -0.05) is 0 Å². The average molecular weight is 306 g/mol. The fourth-order valence-electron chi connectivity index (χ4n) is 0.706. The number of hydrogen-bond acceptors (Lipinski definition) is 1. The van der Waals surface area contributed by atoms with Crippen LogP contribution in [0.5, 0.6) is 0 Å². The van der Waals surface area contributed by atoms with Gasteiger partial charge in [0.1, 0.15) is 0 Å². The molecule has 0 rings (SSSR count).